The van der Waals surface area contributed by atoms with Crippen molar-refractivity contribution in [1.82, 2.24) is 10.5 Å². The van der Waals surface area contributed by atoms with Crippen molar-refractivity contribution in [2.24, 2.45) is 5.92 Å². The summed E-state index contributed by atoms with van der Waals surface area (Å²) in [6.07, 6.45) is 2.78. The maximum Gasteiger partial charge on any atom is 0.139 e. The van der Waals surface area contributed by atoms with Crippen LogP contribution in [-0.4, -0.2) is 11.7 Å². The zero-order valence-electron chi connectivity index (χ0n) is 8.92. The van der Waals surface area contributed by atoms with Crippen molar-refractivity contribution in [1.29, 1.82) is 0 Å². The van der Waals surface area contributed by atoms with Crippen LogP contribution < -0.4 is 5.32 Å². The minimum Gasteiger partial charge on any atom is -0.361 e. The normalized spacial score (nSPS) is 16.5. The van der Waals surface area contributed by atoms with Crippen LogP contribution in [0, 0.1) is 5.92 Å². The topological polar surface area (TPSA) is 38.1 Å². The molecule has 2 rings (SSSR count). The van der Waals surface area contributed by atoms with Crippen molar-refractivity contribution in [3.05, 3.63) is 17.5 Å². The highest BCUT2D eigenvalue weighted by Crippen LogP contribution is 2.27. The molecule has 1 heterocycles. The van der Waals surface area contributed by atoms with E-state index in [1.807, 2.05) is 6.07 Å². The lowest BCUT2D eigenvalue weighted by Crippen LogP contribution is -2.16. The summed E-state index contributed by atoms with van der Waals surface area (Å²) < 4.78 is 5.21. The molecule has 1 aromatic heterocycles. The monoisotopic (exact) mass is 194 g/mol. The van der Waals surface area contributed by atoms with Gasteiger partial charge in [-0.3, -0.25) is 0 Å². The minimum absolute atomic E-state index is 0.430. The smallest absolute Gasteiger partial charge is 0.139 e. The average molecular weight is 194 g/mol. The van der Waals surface area contributed by atoms with Crippen LogP contribution in [-0.2, 0) is 6.54 Å². The van der Waals surface area contributed by atoms with Crippen LogP contribution >= 0.6 is 0 Å². The summed E-state index contributed by atoms with van der Waals surface area (Å²) in [5.41, 5.74) is 1.02. The number of aromatic nitrogens is 1. The van der Waals surface area contributed by atoms with E-state index in [0.717, 1.165) is 30.5 Å². The van der Waals surface area contributed by atoms with E-state index in [9.17, 15) is 0 Å². The van der Waals surface area contributed by atoms with Crippen LogP contribution in [0.3, 0.4) is 0 Å². The highest BCUT2D eigenvalue weighted by atomic mass is 16.5. The predicted octanol–water partition coefficient (Wildman–Crippen LogP) is 2.30. The molecule has 0 radical (unpaired) electrons. The van der Waals surface area contributed by atoms with Gasteiger partial charge in [-0.15, -0.1) is 0 Å². The first-order chi connectivity index (χ1) is 6.75. The second-order valence-corrected chi connectivity index (χ2v) is 4.45. The number of nitrogens with one attached hydrogen (secondary N) is 1. The van der Waals surface area contributed by atoms with E-state index in [1.54, 1.807) is 0 Å². The number of hydrogen-bond acceptors (Lipinski definition) is 3. The molecule has 78 valence electrons. The number of rotatable bonds is 5. The van der Waals surface area contributed by atoms with Gasteiger partial charge in [0.2, 0.25) is 0 Å². The lowest BCUT2D eigenvalue weighted by atomic mass is 10.1. The number of nitrogens with zero attached hydrogens (tertiary/aromatic N) is 1. The molecule has 1 fully saturated rings. The van der Waals surface area contributed by atoms with Crippen molar-refractivity contribution in [3.63, 3.8) is 0 Å². The lowest BCUT2D eigenvalue weighted by molar-refractivity contribution is 0.364. The van der Waals surface area contributed by atoms with Crippen molar-refractivity contribution in [2.45, 2.75) is 39.2 Å². The molecule has 0 saturated heterocycles. The summed E-state index contributed by atoms with van der Waals surface area (Å²) in [6, 6.07) is 2.05. The first-order valence-electron chi connectivity index (χ1n) is 5.42. The fraction of sp³-hybridized carbons (Fsp3) is 0.727. The lowest BCUT2D eigenvalue weighted by Gasteiger charge is -1.98. The van der Waals surface area contributed by atoms with E-state index >= 15 is 0 Å². The van der Waals surface area contributed by atoms with Gasteiger partial charge in [0, 0.05) is 18.5 Å². The molecule has 3 nitrogen and oxygen atoms in total. The van der Waals surface area contributed by atoms with Crippen molar-refractivity contribution in [2.75, 3.05) is 6.54 Å². The molecule has 0 unspecified atom stereocenters. The first kappa shape index (κ1) is 9.71. The maximum absolute atomic E-state index is 5.21. The molecule has 1 saturated carbocycles. The fourth-order valence-electron chi connectivity index (χ4n) is 1.41. The van der Waals surface area contributed by atoms with Crippen LogP contribution in [0.2, 0.25) is 0 Å². The maximum atomic E-state index is 5.21. The van der Waals surface area contributed by atoms with Gasteiger partial charge in [-0.25, -0.2) is 0 Å². The molecule has 14 heavy (non-hydrogen) atoms. The molecule has 1 aliphatic carbocycles. The molecule has 3 heteroatoms. The zero-order valence-corrected chi connectivity index (χ0v) is 8.92. The highest BCUT2D eigenvalue weighted by Gasteiger charge is 2.20. The molecule has 0 bridgehead atoms. The molecule has 0 atom stereocenters. The predicted molar refractivity (Wildman–Crippen MR) is 55.0 cm³/mol. The third-order valence-electron chi connectivity index (χ3n) is 2.58. The van der Waals surface area contributed by atoms with Gasteiger partial charge in [-0.1, -0.05) is 19.0 Å². The standard InChI is InChI=1S/C11H18N2O/c1-8(2)11-5-10(13-14-11)7-12-6-9-3-4-9/h5,8-9,12H,3-4,6-7H2,1-2H3. The van der Waals surface area contributed by atoms with Crippen molar-refractivity contribution in [3.8, 4) is 0 Å². The molecule has 0 amide bonds. The molecular weight excluding hydrogens is 176 g/mol. The quantitative estimate of drug-likeness (QED) is 0.781. The Morgan fingerprint density at radius 1 is 1.57 bits per heavy atom. The van der Waals surface area contributed by atoms with Gasteiger partial charge in [0.1, 0.15) is 5.76 Å². The molecule has 1 aromatic rings. The third-order valence-corrected chi connectivity index (χ3v) is 2.58. The summed E-state index contributed by atoms with van der Waals surface area (Å²) in [4.78, 5) is 0. The Morgan fingerprint density at radius 2 is 2.36 bits per heavy atom. The zero-order chi connectivity index (χ0) is 9.97. The summed E-state index contributed by atoms with van der Waals surface area (Å²) in [5.74, 6) is 2.33. The summed E-state index contributed by atoms with van der Waals surface area (Å²) in [7, 11) is 0. The fourth-order valence-corrected chi connectivity index (χ4v) is 1.41. The number of hydrogen-bond donors (Lipinski definition) is 1. The Labute approximate surface area is 84.9 Å². The molecule has 0 aromatic carbocycles. The highest BCUT2D eigenvalue weighted by molar-refractivity contribution is 5.08. The molecular formula is C11H18N2O. The van der Waals surface area contributed by atoms with E-state index in [-0.39, 0.29) is 0 Å². The minimum atomic E-state index is 0.430. The van der Waals surface area contributed by atoms with Gasteiger partial charge in [0.25, 0.3) is 0 Å². The molecule has 0 aliphatic heterocycles. The van der Waals surface area contributed by atoms with E-state index in [0.29, 0.717) is 5.92 Å². The Morgan fingerprint density at radius 3 is 2.93 bits per heavy atom. The average Bonchev–Trinajstić information content (AvgIpc) is 2.82. The molecule has 1 aliphatic rings. The molecule has 0 spiro atoms. The van der Waals surface area contributed by atoms with Gasteiger partial charge in [-0.05, 0) is 25.3 Å². The summed E-state index contributed by atoms with van der Waals surface area (Å²) in [5, 5.41) is 7.41. The largest absolute Gasteiger partial charge is 0.361 e. The Balaban J connectivity index is 1.77. The van der Waals surface area contributed by atoms with Crippen LogP contribution in [0.25, 0.3) is 0 Å². The van der Waals surface area contributed by atoms with E-state index in [4.69, 9.17) is 4.52 Å². The van der Waals surface area contributed by atoms with Crippen LogP contribution in [0.1, 0.15) is 44.1 Å². The van der Waals surface area contributed by atoms with Gasteiger partial charge >= 0.3 is 0 Å². The van der Waals surface area contributed by atoms with Crippen molar-refractivity contribution >= 4 is 0 Å². The van der Waals surface area contributed by atoms with Gasteiger partial charge in [-0.2, -0.15) is 0 Å². The van der Waals surface area contributed by atoms with E-state index in [2.05, 4.69) is 24.3 Å². The van der Waals surface area contributed by atoms with Gasteiger partial charge in [0.15, 0.2) is 0 Å². The van der Waals surface area contributed by atoms with Crippen LogP contribution in [0.4, 0.5) is 0 Å². The second-order valence-electron chi connectivity index (χ2n) is 4.45. The SMILES string of the molecule is CC(C)c1cc(CNCC2CC2)no1. The van der Waals surface area contributed by atoms with E-state index < -0.39 is 0 Å². The molecule has 1 N–H and O–H groups in total. The van der Waals surface area contributed by atoms with Crippen molar-refractivity contribution < 1.29 is 4.52 Å². The van der Waals surface area contributed by atoms with E-state index in [1.165, 1.54) is 12.8 Å². The second kappa shape index (κ2) is 4.13. The van der Waals surface area contributed by atoms with Crippen LogP contribution in [0.15, 0.2) is 10.6 Å². The Hall–Kier alpha value is -0.830. The third kappa shape index (κ3) is 2.58. The summed E-state index contributed by atoms with van der Waals surface area (Å²) >= 11 is 0. The summed E-state index contributed by atoms with van der Waals surface area (Å²) in [6.45, 7) is 6.19. The van der Waals surface area contributed by atoms with Crippen LogP contribution in [0.5, 0.6) is 0 Å². The van der Waals surface area contributed by atoms with Gasteiger partial charge < -0.3 is 9.84 Å². The Kier molecular flexibility index (Phi) is 2.87. The first-order valence-corrected chi connectivity index (χ1v) is 5.42. The van der Waals surface area contributed by atoms with Gasteiger partial charge in [0.05, 0.1) is 5.69 Å². The Bertz CT molecular complexity index is 289.